The summed E-state index contributed by atoms with van der Waals surface area (Å²) in [6, 6.07) is 13.8. The molecule has 0 heterocycles. The molecule has 2 aromatic rings. The van der Waals surface area contributed by atoms with Gasteiger partial charge >= 0.3 is 0 Å². The van der Waals surface area contributed by atoms with Crippen molar-refractivity contribution in [2.75, 3.05) is 0 Å². The summed E-state index contributed by atoms with van der Waals surface area (Å²) in [5.41, 5.74) is 7.51. The van der Waals surface area contributed by atoms with E-state index in [0.29, 0.717) is 13.2 Å². The highest BCUT2D eigenvalue weighted by Gasteiger charge is 2.04. The Balaban J connectivity index is 1.99. The molecular formula is C14H14N2O3. The van der Waals surface area contributed by atoms with Gasteiger partial charge in [-0.2, -0.15) is 0 Å². The van der Waals surface area contributed by atoms with E-state index in [-0.39, 0.29) is 5.69 Å². The third kappa shape index (κ3) is 3.53. The average Bonchev–Trinajstić information content (AvgIpc) is 2.46. The molecule has 0 radical (unpaired) electrons. The van der Waals surface area contributed by atoms with Crippen molar-refractivity contribution in [3.8, 4) is 5.75 Å². The summed E-state index contributed by atoms with van der Waals surface area (Å²) in [5, 5.41) is 10.5. The number of hydrogen-bond acceptors (Lipinski definition) is 4. The Morgan fingerprint density at radius 1 is 1.11 bits per heavy atom. The maximum Gasteiger partial charge on any atom is 0.269 e. The first kappa shape index (κ1) is 13.0. The molecule has 0 spiro atoms. The van der Waals surface area contributed by atoms with Crippen LogP contribution in [0.1, 0.15) is 11.1 Å². The highest BCUT2D eigenvalue weighted by molar-refractivity contribution is 5.33. The third-order valence-corrected chi connectivity index (χ3v) is 2.69. The summed E-state index contributed by atoms with van der Waals surface area (Å²) in [6.07, 6.45) is 0. The largest absolute Gasteiger partial charge is 0.489 e. The summed E-state index contributed by atoms with van der Waals surface area (Å²) in [7, 11) is 0. The number of nitro benzene ring substituents is 1. The van der Waals surface area contributed by atoms with E-state index in [0.717, 1.165) is 16.9 Å². The zero-order chi connectivity index (χ0) is 13.7. The smallest absolute Gasteiger partial charge is 0.269 e. The van der Waals surface area contributed by atoms with Crippen molar-refractivity contribution in [3.63, 3.8) is 0 Å². The maximum absolute atomic E-state index is 10.5. The molecule has 2 N–H and O–H groups in total. The fraction of sp³-hybridized carbons (Fsp3) is 0.143. The molecular weight excluding hydrogens is 244 g/mol. The Labute approximate surface area is 110 Å². The summed E-state index contributed by atoms with van der Waals surface area (Å²) < 4.78 is 5.61. The fourth-order valence-electron chi connectivity index (χ4n) is 1.64. The lowest BCUT2D eigenvalue weighted by Gasteiger charge is -2.07. The molecule has 0 aliphatic rings. The Kier molecular flexibility index (Phi) is 4.10. The minimum Gasteiger partial charge on any atom is -0.489 e. The molecule has 98 valence electrons. The van der Waals surface area contributed by atoms with Gasteiger partial charge in [0.25, 0.3) is 5.69 Å². The van der Waals surface area contributed by atoms with Crippen LogP contribution in [-0.4, -0.2) is 4.92 Å². The summed E-state index contributed by atoms with van der Waals surface area (Å²) >= 11 is 0. The van der Waals surface area contributed by atoms with Crippen LogP contribution < -0.4 is 10.5 Å². The quantitative estimate of drug-likeness (QED) is 0.660. The molecule has 5 nitrogen and oxygen atoms in total. The molecule has 0 saturated carbocycles. The van der Waals surface area contributed by atoms with Crippen LogP contribution in [0, 0.1) is 10.1 Å². The Hall–Kier alpha value is -2.40. The number of nitro groups is 1. The lowest BCUT2D eigenvalue weighted by Crippen LogP contribution is -1.99. The lowest BCUT2D eigenvalue weighted by molar-refractivity contribution is -0.384. The standard InChI is InChI=1S/C14H14N2O3/c15-9-12-2-1-3-14(8-12)19-10-11-4-6-13(7-5-11)16(17)18/h1-8H,9-10,15H2. The van der Waals surface area contributed by atoms with Gasteiger partial charge in [-0.15, -0.1) is 0 Å². The van der Waals surface area contributed by atoms with Gasteiger partial charge in [0.05, 0.1) is 4.92 Å². The second-order valence-electron chi connectivity index (χ2n) is 4.06. The van der Waals surface area contributed by atoms with Gasteiger partial charge in [-0.25, -0.2) is 0 Å². The molecule has 0 aliphatic carbocycles. The Bertz CT molecular complexity index is 567. The van der Waals surface area contributed by atoms with Crippen LogP contribution >= 0.6 is 0 Å². The number of ether oxygens (including phenoxy) is 1. The first-order chi connectivity index (χ1) is 9.19. The molecule has 0 aliphatic heterocycles. The SMILES string of the molecule is NCc1cccc(OCc2ccc([N+](=O)[O-])cc2)c1. The molecule has 0 fully saturated rings. The van der Waals surface area contributed by atoms with Gasteiger partial charge in [0.1, 0.15) is 12.4 Å². The van der Waals surface area contributed by atoms with E-state index in [4.69, 9.17) is 10.5 Å². The van der Waals surface area contributed by atoms with Gasteiger partial charge in [0.2, 0.25) is 0 Å². The maximum atomic E-state index is 10.5. The van der Waals surface area contributed by atoms with Gasteiger partial charge in [-0.05, 0) is 35.4 Å². The zero-order valence-corrected chi connectivity index (χ0v) is 10.3. The molecule has 19 heavy (non-hydrogen) atoms. The van der Waals surface area contributed by atoms with Gasteiger partial charge in [0, 0.05) is 18.7 Å². The highest BCUT2D eigenvalue weighted by atomic mass is 16.6. The van der Waals surface area contributed by atoms with E-state index in [1.807, 2.05) is 24.3 Å². The number of hydrogen-bond donors (Lipinski definition) is 1. The van der Waals surface area contributed by atoms with Crippen LogP contribution in [0.3, 0.4) is 0 Å². The number of benzene rings is 2. The van der Waals surface area contributed by atoms with Crippen molar-refractivity contribution >= 4 is 5.69 Å². The van der Waals surface area contributed by atoms with Crippen molar-refractivity contribution in [2.45, 2.75) is 13.2 Å². The molecule has 0 saturated heterocycles. The van der Waals surface area contributed by atoms with E-state index in [2.05, 4.69) is 0 Å². The predicted octanol–water partition coefficient (Wildman–Crippen LogP) is 2.63. The minimum atomic E-state index is -0.421. The molecule has 5 heteroatoms. The van der Waals surface area contributed by atoms with Crippen molar-refractivity contribution in [1.29, 1.82) is 0 Å². The first-order valence-electron chi connectivity index (χ1n) is 5.84. The molecule has 0 bridgehead atoms. The van der Waals surface area contributed by atoms with Crippen molar-refractivity contribution in [1.82, 2.24) is 0 Å². The number of nitrogens with zero attached hydrogens (tertiary/aromatic N) is 1. The van der Waals surface area contributed by atoms with Crippen LogP contribution in [0.5, 0.6) is 5.75 Å². The number of rotatable bonds is 5. The topological polar surface area (TPSA) is 78.4 Å². The van der Waals surface area contributed by atoms with E-state index in [1.54, 1.807) is 12.1 Å². The van der Waals surface area contributed by atoms with Gasteiger partial charge < -0.3 is 10.5 Å². The van der Waals surface area contributed by atoms with E-state index in [1.165, 1.54) is 12.1 Å². The van der Waals surface area contributed by atoms with Crippen LogP contribution in [0.15, 0.2) is 48.5 Å². The highest BCUT2D eigenvalue weighted by Crippen LogP contribution is 2.16. The van der Waals surface area contributed by atoms with Gasteiger partial charge in [0.15, 0.2) is 0 Å². The first-order valence-corrected chi connectivity index (χ1v) is 5.84. The molecule has 2 aromatic carbocycles. The van der Waals surface area contributed by atoms with E-state index < -0.39 is 4.92 Å². The Morgan fingerprint density at radius 2 is 1.84 bits per heavy atom. The Morgan fingerprint density at radius 3 is 2.47 bits per heavy atom. The van der Waals surface area contributed by atoms with Gasteiger partial charge in [-0.3, -0.25) is 10.1 Å². The van der Waals surface area contributed by atoms with Crippen molar-refractivity contribution in [3.05, 3.63) is 69.8 Å². The van der Waals surface area contributed by atoms with Crippen LogP contribution in [0.4, 0.5) is 5.69 Å². The van der Waals surface area contributed by atoms with E-state index in [9.17, 15) is 10.1 Å². The number of non-ortho nitro benzene ring substituents is 1. The molecule has 0 amide bonds. The van der Waals surface area contributed by atoms with Crippen molar-refractivity contribution < 1.29 is 9.66 Å². The van der Waals surface area contributed by atoms with Gasteiger partial charge in [-0.1, -0.05) is 12.1 Å². The second-order valence-corrected chi connectivity index (χ2v) is 4.06. The van der Waals surface area contributed by atoms with Crippen LogP contribution in [-0.2, 0) is 13.2 Å². The normalized spacial score (nSPS) is 10.2. The second kappa shape index (κ2) is 5.97. The van der Waals surface area contributed by atoms with Crippen molar-refractivity contribution in [2.24, 2.45) is 5.73 Å². The summed E-state index contributed by atoms with van der Waals surface area (Å²) in [4.78, 5) is 10.1. The molecule has 0 aromatic heterocycles. The fourth-order valence-corrected chi connectivity index (χ4v) is 1.64. The lowest BCUT2D eigenvalue weighted by atomic mass is 10.2. The zero-order valence-electron chi connectivity index (χ0n) is 10.3. The van der Waals surface area contributed by atoms with Crippen LogP contribution in [0.25, 0.3) is 0 Å². The average molecular weight is 258 g/mol. The summed E-state index contributed by atoms with van der Waals surface area (Å²) in [5.74, 6) is 0.737. The molecule has 0 atom stereocenters. The minimum absolute atomic E-state index is 0.0777. The molecule has 2 rings (SSSR count). The third-order valence-electron chi connectivity index (χ3n) is 2.69. The van der Waals surface area contributed by atoms with Crippen LogP contribution in [0.2, 0.25) is 0 Å². The monoisotopic (exact) mass is 258 g/mol. The predicted molar refractivity (Wildman–Crippen MR) is 71.8 cm³/mol. The molecule has 0 unspecified atom stereocenters. The summed E-state index contributed by atoms with van der Waals surface area (Å²) in [6.45, 7) is 0.834. The number of nitrogens with two attached hydrogens (primary N) is 1. The van der Waals surface area contributed by atoms with E-state index >= 15 is 0 Å².